The van der Waals surface area contributed by atoms with Crippen molar-refractivity contribution in [2.24, 2.45) is 0 Å². The lowest BCUT2D eigenvalue weighted by atomic mass is 9.95. The second kappa shape index (κ2) is 11.7. The SMILES string of the molecule is COC1C(O)C(C)OC(C)C1OC1OC(COC2OC(CO)C(O)C(O)C2O)C(O)C(O)C1O. The molecule has 8 N–H and O–H groups in total. The van der Waals surface area contributed by atoms with Crippen molar-refractivity contribution in [2.45, 2.75) is 106 Å². The molecular weight excluding hydrogens is 464 g/mol. The van der Waals surface area contributed by atoms with Gasteiger partial charge in [0.1, 0.15) is 67.1 Å². The molecule has 0 radical (unpaired) electrons. The highest BCUT2D eigenvalue weighted by molar-refractivity contribution is 4.95. The fourth-order valence-corrected chi connectivity index (χ4v) is 4.40. The minimum atomic E-state index is -1.70. The second-order valence-corrected chi connectivity index (χ2v) is 8.88. The number of rotatable bonds is 7. The molecule has 0 saturated carbocycles. The van der Waals surface area contributed by atoms with Crippen molar-refractivity contribution >= 4 is 0 Å². The summed E-state index contributed by atoms with van der Waals surface area (Å²) >= 11 is 0. The molecular formula is C20H36O14. The molecule has 3 saturated heterocycles. The van der Waals surface area contributed by atoms with Crippen LogP contribution in [0.1, 0.15) is 13.8 Å². The monoisotopic (exact) mass is 500 g/mol. The van der Waals surface area contributed by atoms with E-state index < -0.39 is 105 Å². The van der Waals surface area contributed by atoms with E-state index >= 15 is 0 Å². The van der Waals surface area contributed by atoms with Crippen molar-refractivity contribution in [1.82, 2.24) is 0 Å². The Labute approximate surface area is 196 Å². The van der Waals surface area contributed by atoms with Crippen LogP contribution in [0, 0.1) is 0 Å². The summed E-state index contributed by atoms with van der Waals surface area (Å²) in [5, 5.41) is 80.6. The normalized spacial score (nSPS) is 52.5. The van der Waals surface area contributed by atoms with Crippen molar-refractivity contribution < 1.29 is 69.3 Å². The van der Waals surface area contributed by atoms with Crippen LogP contribution >= 0.6 is 0 Å². The quantitative estimate of drug-likeness (QED) is 0.165. The zero-order valence-corrected chi connectivity index (χ0v) is 19.1. The molecule has 0 spiro atoms. The second-order valence-electron chi connectivity index (χ2n) is 8.88. The molecule has 200 valence electrons. The molecule has 3 aliphatic heterocycles. The Bertz CT molecular complexity index is 638. The van der Waals surface area contributed by atoms with Gasteiger partial charge in [-0.2, -0.15) is 0 Å². The number of hydrogen-bond donors (Lipinski definition) is 8. The van der Waals surface area contributed by atoms with Gasteiger partial charge < -0.3 is 69.3 Å². The highest BCUT2D eigenvalue weighted by atomic mass is 16.7. The third-order valence-electron chi connectivity index (χ3n) is 6.54. The van der Waals surface area contributed by atoms with E-state index in [0.717, 1.165) is 0 Å². The molecule has 0 amide bonds. The van der Waals surface area contributed by atoms with Crippen LogP contribution in [0.4, 0.5) is 0 Å². The molecule has 0 aromatic carbocycles. The predicted molar refractivity (Wildman–Crippen MR) is 108 cm³/mol. The number of hydrogen-bond acceptors (Lipinski definition) is 14. The highest BCUT2D eigenvalue weighted by Gasteiger charge is 2.50. The van der Waals surface area contributed by atoms with E-state index in [9.17, 15) is 40.9 Å². The topological polar surface area (TPSA) is 217 Å². The summed E-state index contributed by atoms with van der Waals surface area (Å²) in [5.74, 6) is 0. The molecule has 34 heavy (non-hydrogen) atoms. The van der Waals surface area contributed by atoms with Crippen LogP contribution in [0.15, 0.2) is 0 Å². The summed E-state index contributed by atoms with van der Waals surface area (Å²) in [4.78, 5) is 0. The fraction of sp³-hybridized carbons (Fsp3) is 1.00. The average Bonchev–Trinajstić information content (AvgIpc) is 2.81. The largest absolute Gasteiger partial charge is 0.394 e. The fourth-order valence-electron chi connectivity index (χ4n) is 4.40. The minimum absolute atomic E-state index is 0.489. The van der Waals surface area contributed by atoms with Gasteiger partial charge >= 0.3 is 0 Å². The first kappa shape index (κ1) is 28.0. The Morgan fingerprint density at radius 3 is 1.76 bits per heavy atom. The van der Waals surface area contributed by atoms with E-state index in [0.29, 0.717) is 0 Å². The maximum absolute atomic E-state index is 10.4. The summed E-state index contributed by atoms with van der Waals surface area (Å²) in [6, 6.07) is 0. The number of ether oxygens (including phenoxy) is 6. The van der Waals surface area contributed by atoms with Crippen molar-refractivity contribution in [1.29, 1.82) is 0 Å². The lowest BCUT2D eigenvalue weighted by Gasteiger charge is -2.46. The Balaban J connectivity index is 1.66. The molecule has 0 bridgehead atoms. The Hall–Kier alpha value is -0.560. The van der Waals surface area contributed by atoms with Crippen molar-refractivity contribution in [2.75, 3.05) is 20.3 Å². The number of methoxy groups -OCH3 is 1. The van der Waals surface area contributed by atoms with Gasteiger partial charge in [-0.15, -0.1) is 0 Å². The van der Waals surface area contributed by atoms with Gasteiger partial charge in [0.05, 0.1) is 25.4 Å². The van der Waals surface area contributed by atoms with Gasteiger partial charge in [0.25, 0.3) is 0 Å². The molecule has 0 aliphatic carbocycles. The number of aliphatic hydroxyl groups is 8. The first-order valence-electron chi connectivity index (χ1n) is 11.1. The molecule has 3 fully saturated rings. The third kappa shape index (κ3) is 5.55. The molecule has 14 heteroatoms. The van der Waals surface area contributed by atoms with E-state index in [1.165, 1.54) is 7.11 Å². The Morgan fingerprint density at radius 1 is 0.618 bits per heavy atom. The van der Waals surface area contributed by atoms with Gasteiger partial charge in [0.2, 0.25) is 0 Å². The highest BCUT2D eigenvalue weighted by Crippen LogP contribution is 2.31. The van der Waals surface area contributed by atoms with Crippen LogP contribution in [-0.2, 0) is 28.4 Å². The molecule has 15 unspecified atom stereocenters. The zero-order chi connectivity index (χ0) is 25.3. The summed E-state index contributed by atoms with van der Waals surface area (Å²) in [7, 11) is 1.38. The standard InChI is InChI=1S/C20H36O14/c1-6-10(22)18(29-3)17(7(2)31-6)34-20-16(28)14(26)12(24)9(33-20)5-30-19-15(27)13(25)11(23)8(4-21)32-19/h6-28H,4-5H2,1-3H3. The molecule has 15 atom stereocenters. The van der Waals surface area contributed by atoms with Gasteiger partial charge in [0.15, 0.2) is 12.6 Å². The molecule has 3 aliphatic rings. The molecule has 3 heterocycles. The summed E-state index contributed by atoms with van der Waals surface area (Å²) < 4.78 is 33.1. The molecule has 0 aromatic rings. The van der Waals surface area contributed by atoms with Gasteiger partial charge in [-0.3, -0.25) is 0 Å². The number of aliphatic hydroxyl groups excluding tert-OH is 8. The van der Waals surface area contributed by atoms with Crippen molar-refractivity contribution in [3.8, 4) is 0 Å². The van der Waals surface area contributed by atoms with E-state index in [4.69, 9.17) is 28.4 Å². The third-order valence-corrected chi connectivity index (χ3v) is 6.54. The van der Waals surface area contributed by atoms with Crippen LogP contribution in [0.3, 0.4) is 0 Å². The summed E-state index contributed by atoms with van der Waals surface area (Å²) in [6.07, 6.45) is -19.2. The van der Waals surface area contributed by atoms with E-state index in [-0.39, 0.29) is 0 Å². The zero-order valence-electron chi connectivity index (χ0n) is 19.1. The van der Waals surface area contributed by atoms with Crippen LogP contribution in [-0.4, -0.2) is 153 Å². The lowest BCUT2D eigenvalue weighted by Crippen LogP contribution is -2.64. The van der Waals surface area contributed by atoms with Gasteiger partial charge in [-0.05, 0) is 13.8 Å². The van der Waals surface area contributed by atoms with Crippen molar-refractivity contribution in [3.05, 3.63) is 0 Å². The van der Waals surface area contributed by atoms with Gasteiger partial charge in [-0.1, -0.05) is 0 Å². The van der Waals surface area contributed by atoms with E-state index in [2.05, 4.69) is 0 Å². The lowest BCUT2D eigenvalue weighted by molar-refractivity contribution is -0.351. The smallest absolute Gasteiger partial charge is 0.187 e. The maximum atomic E-state index is 10.4. The van der Waals surface area contributed by atoms with Gasteiger partial charge in [-0.25, -0.2) is 0 Å². The molecule has 14 nitrogen and oxygen atoms in total. The molecule has 0 aromatic heterocycles. The Morgan fingerprint density at radius 2 is 1.18 bits per heavy atom. The van der Waals surface area contributed by atoms with Crippen LogP contribution < -0.4 is 0 Å². The first-order chi connectivity index (χ1) is 16.0. The predicted octanol–water partition coefficient (Wildman–Crippen LogP) is -4.82. The molecule has 3 rings (SSSR count). The van der Waals surface area contributed by atoms with Crippen molar-refractivity contribution in [3.63, 3.8) is 0 Å². The van der Waals surface area contributed by atoms with E-state index in [1.54, 1.807) is 13.8 Å². The van der Waals surface area contributed by atoms with Crippen LogP contribution in [0.2, 0.25) is 0 Å². The summed E-state index contributed by atoms with van der Waals surface area (Å²) in [6.45, 7) is 2.21. The average molecular weight is 500 g/mol. The van der Waals surface area contributed by atoms with Gasteiger partial charge in [0, 0.05) is 7.11 Å². The van der Waals surface area contributed by atoms with Crippen LogP contribution in [0.5, 0.6) is 0 Å². The maximum Gasteiger partial charge on any atom is 0.187 e. The van der Waals surface area contributed by atoms with Crippen LogP contribution in [0.25, 0.3) is 0 Å². The van der Waals surface area contributed by atoms with E-state index in [1.807, 2.05) is 0 Å². The summed E-state index contributed by atoms with van der Waals surface area (Å²) in [5.41, 5.74) is 0. The Kier molecular flexibility index (Phi) is 9.61. The minimum Gasteiger partial charge on any atom is -0.394 e. The first-order valence-corrected chi connectivity index (χ1v) is 11.1.